The molecule has 5 heteroatoms. The Morgan fingerprint density at radius 2 is 1.83 bits per heavy atom. The van der Waals surface area contributed by atoms with Gasteiger partial charge in [-0.15, -0.1) is 11.3 Å². The van der Waals surface area contributed by atoms with E-state index in [9.17, 15) is 0 Å². The number of thiazole rings is 1. The van der Waals surface area contributed by atoms with Crippen molar-refractivity contribution in [2.24, 2.45) is 0 Å². The molecule has 0 spiro atoms. The lowest BCUT2D eigenvalue weighted by Gasteiger charge is -2.14. The van der Waals surface area contributed by atoms with Gasteiger partial charge in [0.1, 0.15) is 5.01 Å². The van der Waals surface area contributed by atoms with Gasteiger partial charge in [-0.05, 0) is 24.1 Å². The summed E-state index contributed by atoms with van der Waals surface area (Å²) in [4.78, 5) is 6.18. The Balaban J connectivity index is 1.84. The molecule has 0 amide bonds. The quantitative estimate of drug-likeness (QED) is 0.687. The smallest absolute Gasteiger partial charge is 0.124 e. The Hall–Kier alpha value is -1.88. The molecule has 2 heterocycles. The number of anilines is 1. The molecule has 24 heavy (non-hydrogen) atoms. The van der Waals surface area contributed by atoms with Crippen molar-refractivity contribution in [3.05, 3.63) is 57.6 Å². The number of rotatable bonds is 3. The van der Waals surface area contributed by atoms with Crippen LogP contribution in [-0.4, -0.2) is 12.0 Å². The summed E-state index contributed by atoms with van der Waals surface area (Å²) in [5.41, 5.74) is 6.75. The van der Waals surface area contributed by atoms with E-state index in [1.807, 2.05) is 19.2 Å². The zero-order chi connectivity index (χ0) is 16.7. The zero-order valence-corrected chi connectivity index (χ0v) is 15.2. The van der Waals surface area contributed by atoms with E-state index in [2.05, 4.69) is 41.8 Å². The highest BCUT2D eigenvalue weighted by Crippen LogP contribution is 2.39. The van der Waals surface area contributed by atoms with Crippen LogP contribution in [0.1, 0.15) is 16.1 Å². The highest BCUT2D eigenvalue weighted by Gasteiger charge is 2.19. The van der Waals surface area contributed by atoms with Gasteiger partial charge < -0.3 is 10.6 Å². The summed E-state index contributed by atoms with van der Waals surface area (Å²) in [5.74, 6) is 0. The first-order valence-corrected chi connectivity index (χ1v) is 9.14. The molecule has 0 fully saturated rings. The van der Waals surface area contributed by atoms with E-state index in [0.717, 1.165) is 39.9 Å². The average molecular weight is 356 g/mol. The second-order valence-corrected chi connectivity index (χ2v) is 7.35. The number of fused-ring (bicyclic) bond motifs is 1. The third kappa shape index (κ3) is 2.51. The number of benzene rings is 2. The van der Waals surface area contributed by atoms with Crippen molar-refractivity contribution in [1.29, 1.82) is 0 Å². The number of halogens is 1. The van der Waals surface area contributed by atoms with Gasteiger partial charge in [0.05, 0.1) is 16.4 Å². The third-order valence-electron chi connectivity index (χ3n) is 4.48. The lowest BCUT2D eigenvalue weighted by molar-refractivity contribution is 0.759. The number of hydrogen-bond donors (Lipinski definition) is 2. The Kier molecular flexibility index (Phi) is 4.04. The van der Waals surface area contributed by atoms with Crippen molar-refractivity contribution in [1.82, 2.24) is 10.3 Å². The van der Waals surface area contributed by atoms with Crippen molar-refractivity contribution in [3.8, 4) is 21.7 Å². The van der Waals surface area contributed by atoms with Gasteiger partial charge in [-0.3, -0.25) is 0 Å². The molecule has 3 nitrogen and oxygen atoms in total. The largest absolute Gasteiger partial charge is 0.387 e. The minimum atomic E-state index is 0.756. The first kappa shape index (κ1) is 15.6. The summed E-state index contributed by atoms with van der Waals surface area (Å²) in [7, 11) is 1.89. The van der Waals surface area contributed by atoms with Gasteiger partial charge in [-0.1, -0.05) is 41.9 Å². The highest BCUT2D eigenvalue weighted by atomic mass is 35.5. The van der Waals surface area contributed by atoms with Crippen LogP contribution in [0, 0.1) is 6.92 Å². The maximum atomic E-state index is 6.59. The van der Waals surface area contributed by atoms with E-state index in [1.165, 1.54) is 21.7 Å². The fraction of sp³-hybridized carbons (Fsp3) is 0.211. The number of nitrogens with one attached hydrogen (secondary N) is 2. The van der Waals surface area contributed by atoms with E-state index in [-0.39, 0.29) is 0 Å². The van der Waals surface area contributed by atoms with Gasteiger partial charge >= 0.3 is 0 Å². The Morgan fingerprint density at radius 1 is 1.08 bits per heavy atom. The van der Waals surface area contributed by atoms with Gasteiger partial charge in [0.2, 0.25) is 0 Å². The van der Waals surface area contributed by atoms with Crippen LogP contribution in [-0.2, 0) is 13.1 Å². The topological polar surface area (TPSA) is 37.0 Å². The predicted molar refractivity (Wildman–Crippen MR) is 103 cm³/mol. The van der Waals surface area contributed by atoms with Crippen LogP contribution in [0.3, 0.4) is 0 Å². The molecule has 0 bridgehead atoms. The van der Waals surface area contributed by atoms with Crippen molar-refractivity contribution < 1.29 is 0 Å². The highest BCUT2D eigenvalue weighted by molar-refractivity contribution is 7.15. The van der Waals surface area contributed by atoms with Crippen molar-refractivity contribution in [2.45, 2.75) is 20.0 Å². The van der Waals surface area contributed by atoms with E-state index in [4.69, 9.17) is 16.6 Å². The maximum absolute atomic E-state index is 6.59. The van der Waals surface area contributed by atoms with Gasteiger partial charge in [0, 0.05) is 36.1 Å². The van der Waals surface area contributed by atoms with E-state index in [0.29, 0.717) is 0 Å². The fourth-order valence-corrected chi connectivity index (χ4v) is 4.61. The van der Waals surface area contributed by atoms with Gasteiger partial charge in [-0.2, -0.15) is 0 Å². The predicted octanol–water partition coefficient (Wildman–Crippen LogP) is 5.08. The minimum absolute atomic E-state index is 0.756. The van der Waals surface area contributed by atoms with E-state index >= 15 is 0 Å². The van der Waals surface area contributed by atoms with E-state index in [1.54, 1.807) is 11.3 Å². The molecule has 2 N–H and O–H groups in total. The SMILES string of the molecule is CNc1cccc(-c2cccc(-c3nc4c(s3)CNC4)c2C)c1Cl. The summed E-state index contributed by atoms with van der Waals surface area (Å²) < 4.78 is 0. The molecule has 3 aromatic rings. The molecule has 0 unspecified atom stereocenters. The van der Waals surface area contributed by atoms with Crippen molar-refractivity contribution in [2.75, 3.05) is 12.4 Å². The molecule has 1 aliphatic heterocycles. The Labute approximate surface area is 150 Å². The summed E-state index contributed by atoms with van der Waals surface area (Å²) in [6, 6.07) is 12.5. The fourth-order valence-electron chi connectivity index (χ4n) is 3.16. The molecule has 0 radical (unpaired) electrons. The molecule has 4 rings (SSSR count). The van der Waals surface area contributed by atoms with Crippen LogP contribution in [0.15, 0.2) is 36.4 Å². The summed E-state index contributed by atoms with van der Waals surface area (Å²) in [6.45, 7) is 3.96. The first-order chi connectivity index (χ1) is 11.7. The molecule has 0 aliphatic carbocycles. The van der Waals surface area contributed by atoms with Crippen LogP contribution >= 0.6 is 22.9 Å². The molecule has 1 aliphatic rings. The second kappa shape index (κ2) is 6.20. The molecular formula is C19H18ClN3S. The zero-order valence-electron chi connectivity index (χ0n) is 13.6. The number of nitrogens with zero attached hydrogens (tertiary/aromatic N) is 1. The molecule has 122 valence electrons. The number of aromatic nitrogens is 1. The first-order valence-electron chi connectivity index (χ1n) is 7.95. The second-order valence-electron chi connectivity index (χ2n) is 5.89. The average Bonchev–Trinajstić information content (AvgIpc) is 3.17. The molecule has 2 aromatic carbocycles. The van der Waals surface area contributed by atoms with Crippen LogP contribution in [0.5, 0.6) is 0 Å². The van der Waals surface area contributed by atoms with Crippen molar-refractivity contribution in [3.63, 3.8) is 0 Å². The normalized spacial score (nSPS) is 13.1. The monoisotopic (exact) mass is 355 g/mol. The summed E-state index contributed by atoms with van der Waals surface area (Å²) in [6.07, 6.45) is 0. The Morgan fingerprint density at radius 3 is 2.62 bits per heavy atom. The molecular weight excluding hydrogens is 338 g/mol. The van der Waals surface area contributed by atoms with Gasteiger partial charge in [0.15, 0.2) is 0 Å². The van der Waals surface area contributed by atoms with E-state index < -0.39 is 0 Å². The third-order valence-corrected chi connectivity index (χ3v) is 6.02. The summed E-state index contributed by atoms with van der Waals surface area (Å²) in [5, 5.41) is 8.34. The standard InChI is InChI=1S/C19H18ClN3S/c1-11-12(14-7-4-8-15(21-2)18(14)20)5-3-6-13(11)19-23-16-9-22-10-17(16)24-19/h3-8,21-22H,9-10H2,1-2H3. The van der Waals surface area contributed by atoms with Crippen LogP contribution < -0.4 is 10.6 Å². The van der Waals surface area contributed by atoms with Crippen LogP contribution in [0.25, 0.3) is 21.7 Å². The maximum Gasteiger partial charge on any atom is 0.124 e. The number of hydrogen-bond acceptors (Lipinski definition) is 4. The Bertz CT molecular complexity index is 895. The minimum Gasteiger partial charge on any atom is -0.387 e. The molecule has 1 aromatic heterocycles. The van der Waals surface area contributed by atoms with Gasteiger partial charge in [0.25, 0.3) is 0 Å². The summed E-state index contributed by atoms with van der Waals surface area (Å²) >= 11 is 8.38. The molecule has 0 atom stereocenters. The lowest BCUT2D eigenvalue weighted by atomic mass is 9.96. The molecule has 0 saturated heterocycles. The van der Waals surface area contributed by atoms with Crippen LogP contribution in [0.4, 0.5) is 5.69 Å². The van der Waals surface area contributed by atoms with Gasteiger partial charge in [-0.25, -0.2) is 4.98 Å². The van der Waals surface area contributed by atoms with Crippen molar-refractivity contribution >= 4 is 28.6 Å². The molecule has 0 saturated carbocycles. The lowest BCUT2D eigenvalue weighted by Crippen LogP contribution is -2.01. The van der Waals surface area contributed by atoms with Crippen LogP contribution in [0.2, 0.25) is 5.02 Å².